The molecule has 3 N–H and O–H groups in total. The van der Waals surface area contributed by atoms with Gasteiger partial charge in [0.05, 0.1) is 4.99 Å². The van der Waals surface area contributed by atoms with E-state index in [0.29, 0.717) is 39.2 Å². The first kappa shape index (κ1) is 15.7. The van der Waals surface area contributed by atoms with Crippen LogP contribution < -0.4 is 11.1 Å². The maximum Gasteiger partial charge on any atom is 0.233 e. The molecule has 0 bridgehead atoms. The molecule has 1 saturated carbocycles. The highest BCUT2D eigenvalue weighted by Crippen LogP contribution is 2.31. The molecule has 114 valence electrons. The van der Waals surface area contributed by atoms with Gasteiger partial charge in [0.15, 0.2) is 0 Å². The zero-order valence-corrected chi connectivity index (χ0v) is 12.7. The van der Waals surface area contributed by atoms with Crippen molar-refractivity contribution in [1.82, 2.24) is 5.32 Å². The molecule has 6 heteroatoms. The van der Waals surface area contributed by atoms with Crippen LogP contribution in [0.1, 0.15) is 32.1 Å². The van der Waals surface area contributed by atoms with E-state index in [9.17, 15) is 4.79 Å². The number of nitrogens with one attached hydrogen (secondary N) is 1. The Labute approximate surface area is 125 Å². The average Bonchev–Trinajstić information content (AvgIpc) is 3.27. The molecule has 0 unspecified atom stereocenters. The van der Waals surface area contributed by atoms with Crippen LogP contribution in [0.15, 0.2) is 0 Å². The molecule has 0 aromatic heterocycles. The number of rotatable bonds is 8. The quantitative estimate of drug-likeness (QED) is 0.517. The van der Waals surface area contributed by atoms with Crippen molar-refractivity contribution in [2.75, 3.05) is 33.0 Å². The molecule has 2 aliphatic rings. The minimum Gasteiger partial charge on any atom is -0.392 e. The van der Waals surface area contributed by atoms with Gasteiger partial charge in [-0.25, -0.2) is 0 Å². The number of carbonyl (C=O) groups excluding carboxylic acids is 1. The van der Waals surface area contributed by atoms with Crippen LogP contribution in [0.4, 0.5) is 0 Å². The van der Waals surface area contributed by atoms with Gasteiger partial charge in [0.25, 0.3) is 0 Å². The third-order valence-corrected chi connectivity index (χ3v) is 4.44. The number of thiocarbonyl (C=S) groups is 1. The van der Waals surface area contributed by atoms with Crippen LogP contribution in [0.5, 0.6) is 0 Å². The summed E-state index contributed by atoms with van der Waals surface area (Å²) in [5, 5.41) is 2.94. The maximum atomic E-state index is 12.3. The van der Waals surface area contributed by atoms with Gasteiger partial charge in [-0.15, -0.1) is 0 Å². The Kier molecular flexibility index (Phi) is 5.74. The Bertz CT molecular complexity index is 352. The highest BCUT2D eigenvalue weighted by Gasteiger charge is 2.42. The molecule has 5 nitrogen and oxygen atoms in total. The van der Waals surface area contributed by atoms with Crippen LogP contribution in [0.25, 0.3) is 0 Å². The molecule has 1 aliphatic heterocycles. The number of ether oxygens (including phenoxy) is 2. The van der Waals surface area contributed by atoms with Crippen molar-refractivity contribution in [2.45, 2.75) is 32.1 Å². The largest absolute Gasteiger partial charge is 0.392 e. The van der Waals surface area contributed by atoms with Crippen LogP contribution in [-0.4, -0.2) is 43.9 Å². The van der Waals surface area contributed by atoms with Crippen molar-refractivity contribution in [3.63, 3.8) is 0 Å². The van der Waals surface area contributed by atoms with Crippen molar-refractivity contribution in [1.29, 1.82) is 0 Å². The predicted molar refractivity (Wildman–Crippen MR) is 80.4 cm³/mol. The Morgan fingerprint density at radius 3 is 2.70 bits per heavy atom. The van der Waals surface area contributed by atoms with E-state index in [4.69, 9.17) is 27.4 Å². The molecule has 20 heavy (non-hydrogen) atoms. The first-order chi connectivity index (χ1) is 9.65. The van der Waals surface area contributed by atoms with Gasteiger partial charge in [-0.05, 0) is 38.0 Å². The van der Waals surface area contributed by atoms with Crippen molar-refractivity contribution < 1.29 is 14.3 Å². The molecule has 1 saturated heterocycles. The summed E-state index contributed by atoms with van der Waals surface area (Å²) in [6, 6.07) is 0. The number of carbonyl (C=O) groups is 1. The lowest BCUT2D eigenvalue weighted by molar-refractivity contribution is -0.131. The lowest BCUT2D eigenvalue weighted by atomic mass is 9.79. The molecule has 0 spiro atoms. The number of nitrogens with two attached hydrogens (primary N) is 1. The lowest BCUT2D eigenvalue weighted by Crippen LogP contribution is -2.52. The van der Waals surface area contributed by atoms with Crippen LogP contribution in [-0.2, 0) is 14.3 Å². The van der Waals surface area contributed by atoms with E-state index >= 15 is 0 Å². The third-order valence-electron chi connectivity index (χ3n) is 4.05. The normalized spacial score (nSPS) is 21.4. The predicted octanol–water partition coefficient (Wildman–Crippen LogP) is 1.00. The summed E-state index contributed by atoms with van der Waals surface area (Å²) in [6.45, 7) is 3.24. The van der Waals surface area contributed by atoms with Crippen LogP contribution in [0, 0.1) is 11.3 Å². The molecular weight excluding hydrogens is 276 g/mol. The zero-order chi connectivity index (χ0) is 14.4. The highest BCUT2D eigenvalue weighted by atomic mass is 32.1. The van der Waals surface area contributed by atoms with Crippen molar-refractivity contribution >= 4 is 23.1 Å². The van der Waals surface area contributed by atoms with E-state index < -0.39 is 5.41 Å². The van der Waals surface area contributed by atoms with E-state index in [1.165, 1.54) is 12.8 Å². The van der Waals surface area contributed by atoms with E-state index in [-0.39, 0.29) is 10.9 Å². The van der Waals surface area contributed by atoms with Gasteiger partial charge in [0.1, 0.15) is 5.41 Å². The van der Waals surface area contributed by atoms with Crippen molar-refractivity contribution in [3.05, 3.63) is 0 Å². The number of hydrogen-bond donors (Lipinski definition) is 2. The van der Waals surface area contributed by atoms with Gasteiger partial charge in [-0.3, -0.25) is 4.79 Å². The minimum atomic E-state index is -0.720. The van der Waals surface area contributed by atoms with Gasteiger partial charge < -0.3 is 20.5 Å². The monoisotopic (exact) mass is 300 g/mol. The second kappa shape index (κ2) is 7.33. The van der Waals surface area contributed by atoms with E-state index in [0.717, 1.165) is 18.9 Å². The van der Waals surface area contributed by atoms with Gasteiger partial charge in [-0.1, -0.05) is 12.2 Å². The molecule has 1 heterocycles. The molecule has 0 atom stereocenters. The molecule has 0 aromatic rings. The molecule has 0 radical (unpaired) electrons. The summed E-state index contributed by atoms with van der Waals surface area (Å²) in [5.74, 6) is 0.722. The van der Waals surface area contributed by atoms with Crippen LogP contribution in [0.2, 0.25) is 0 Å². The fourth-order valence-corrected chi connectivity index (χ4v) is 2.68. The summed E-state index contributed by atoms with van der Waals surface area (Å²) in [7, 11) is 0. The summed E-state index contributed by atoms with van der Waals surface area (Å²) >= 11 is 5.10. The Balaban J connectivity index is 1.67. The first-order valence-corrected chi connectivity index (χ1v) is 7.80. The van der Waals surface area contributed by atoms with Gasteiger partial charge in [0, 0.05) is 33.0 Å². The summed E-state index contributed by atoms with van der Waals surface area (Å²) in [5.41, 5.74) is 5.07. The lowest BCUT2D eigenvalue weighted by Gasteiger charge is -2.34. The standard InChI is InChI=1S/C14H24N2O3S/c15-12(20)14(4-8-18-9-5-14)13(17)16-6-1-7-19-10-11-2-3-11/h11H,1-10H2,(H2,15,20)(H,16,17). The van der Waals surface area contributed by atoms with Gasteiger partial charge in [0.2, 0.25) is 5.91 Å². The SMILES string of the molecule is NC(=S)C1(C(=O)NCCCOCC2CC2)CCOCC1. The van der Waals surface area contributed by atoms with Crippen molar-refractivity contribution in [2.24, 2.45) is 17.1 Å². The van der Waals surface area contributed by atoms with E-state index in [2.05, 4.69) is 5.32 Å². The fraction of sp³-hybridized carbons (Fsp3) is 0.857. The van der Waals surface area contributed by atoms with E-state index in [1.54, 1.807) is 0 Å². The number of amides is 1. The first-order valence-electron chi connectivity index (χ1n) is 7.39. The van der Waals surface area contributed by atoms with Crippen LogP contribution in [0.3, 0.4) is 0 Å². The topological polar surface area (TPSA) is 73.6 Å². The molecule has 1 aliphatic carbocycles. The van der Waals surface area contributed by atoms with Gasteiger partial charge in [-0.2, -0.15) is 0 Å². The third kappa shape index (κ3) is 4.14. The Morgan fingerprint density at radius 1 is 1.40 bits per heavy atom. The van der Waals surface area contributed by atoms with Crippen LogP contribution >= 0.6 is 12.2 Å². The Morgan fingerprint density at radius 2 is 2.10 bits per heavy atom. The second-order valence-electron chi connectivity index (χ2n) is 5.69. The molecule has 0 aromatic carbocycles. The minimum absolute atomic E-state index is 0.0597. The summed E-state index contributed by atoms with van der Waals surface area (Å²) in [6.07, 6.45) is 4.58. The molecular formula is C14H24N2O3S. The fourth-order valence-electron chi connectivity index (χ4n) is 2.39. The number of hydrogen-bond acceptors (Lipinski definition) is 4. The molecule has 2 rings (SSSR count). The second-order valence-corrected chi connectivity index (χ2v) is 6.13. The van der Waals surface area contributed by atoms with Crippen molar-refractivity contribution in [3.8, 4) is 0 Å². The highest BCUT2D eigenvalue weighted by molar-refractivity contribution is 7.80. The summed E-state index contributed by atoms with van der Waals surface area (Å²) in [4.78, 5) is 12.6. The zero-order valence-electron chi connectivity index (χ0n) is 11.9. The molecule has 1 amide bonds. The summed E-state index contributed by atoms with van der Waals surface area (Å²) < 4.78 is 10.8. The average molecular weight is 300 g/mol. The van der Waals surface area contributed by atoms with Gasteiger partial charge >= 0.3 is 0 Å². The van der Waals surface area contributed by atoms with E-state index in [1.807, 2.05) is 0 Å². The molecule has 2 fully saturated rings. The Hall–Kier alpha value is -0.720. The smallest absolute Gasteiger partial charge is 0.233 e. The maximum absolute atomic E-state index is 12.3.